The molecule has 0 radical (unpaired) electrons. The van der Waals surface area contributed by atoms with E-state index in [0.717, 1.165) is 0 Å². The average molecular weight is 301 g/mol. The Morgan fingerprint density at radius 3 is 2.76 bits per heavy atom. The molecule has 6 heteroatoms. The first kappa shape index (κ1) is 14.9. The van der Waals surface area contributed by atoms with Crippen molar-refractivity contribution in [2.75, 3.05) is 5.32 Å². The minimum Gasteiger partial charge on any atom is -0.321 e. The summed E-state index contributed by atoms with van der Waals surface area (Å²) in [6, 6.07) is 8.39. The molecule has 0 aliphatic heterocycles. The lowest BCUT2D eigenvalue weighted by atomic mass is 10.1. The van der Waals surface area contributed by atoms with Gasteiger partial charge in [-0.15, -0.1) is 0 Å². The lowest BCUT2D eigenvalue weighted by Gasteiger charge is -2.10. The van der Waals surface area contributed by atoms with Gasteiger partial charge in [0.25, 0.3) is 5.91 Å². The van der Waals surface area contributed by atoms with Crippen LogP contribution in [0.4, 0.5) is 5.69 Å². The smallest absolute Gasteiger partial charge is 0.257 e. The first-order valence-electron chi connectivity index (χ1n) is 6.39. The fourth-order valence-electron chi connectivity index (χ4n) is 1.85. The van der Waals surface area contributed by atoms with Crippen LogP contribution in [0, 0.1) is 18.3 Å². The number of carbonyl (C=O) groups is 1. The molecular formula is C15H13ClN4O. The van der Waals surface area contributed by atoms with Crippen LogP contribution in [-0.2, 0) is 6.42 Å². The Kier molecular flexibility index (Phi) is 4.51. The number of halogens is 1. The summed E-state index contributed by atoms with van der Waals surface area (Å²) in [5.74, 6) is -0.295. The molecule has 1 amide bonds. The highest BCUT2D eigenvalue weighted by molar-refractivity contribution is 6.34. The molecule has 0 unspecified atom stereocenters. The van der Waals surface area contributed by atoms with E-state index in [-0.39, 0.29) is 5.91 Å². The summed E-state index contributed by atoms with van der Waals surface area (Å²) in [7, 11) is 0. The second-order valence-electron chi connectivity index (χ2n) is 4.46. The van der Waals surface area contributed by atoms with Gasteiger partial charge in [-0.2, -0.15) is 15.5 Å². The zero-order chi connectivity index (χ0) is 15.4. The van der Waals surface area contributed by atoms with Crippen molar-refractivity contribution in [2.45, 2.75) is 20.3 Å². The number of hydrogen-bond donors (Lipinski definition) is 1. The minimum absolute atomic E-state index is 0.295. The number of nitriles is 1. The Morgan fingerprint density at radius 2 is 2.14 bits per heavy atom. The lowest BCUT2D eigenvalue weighted by molar-refractivity contribution is 0.102. The number of anilines is 1. The standard InChI is InChI=1S/C15H13ClN4O/c1-3-13-11(6-9(2)19-20-13)15(21)18-14-5-4-10(8-17)7-12(14)16/h4-7H,3H2,1-2H3,(H,18,21). The zero-order valence-electron chi connectivity index (χ0n) is 11.6. The van der Waals surface area contributed by atoms with E-state index in [9.17, 15) is 4.79 Å². The maximum Gasteiger partial charge on any atom is 0.257 e. The summed E-state index contributed by atoms with van der Waals surface area (Å²) in [6.07, 6.45) is 0.608. The zero-order valence-corrected chi connectivity index (χ0v) is 12.4. The third kappa shape index (κ3) is 3.36. The van der Waals surface area contributed by atoms with Gasteiger partial charge in [0.1, 0.15) is 0 Å². The molecule has 0 aliphatic rings. The number of aryl methyl sites for hydroxylation is 2. The van der Waals surface area contributed by atoms with Crippen molar-refractivity contribution < 1.29 is 4.79 Å². The molecule has 0 fully saturated rings. The van der Waals surface area contributed by atoms with Gasteiger partial charge in [0, 0.05) is 0 Å². The van der Waals surface area contributed by atoms with Crippen LogP contribution in [-0.4, -0.2) is 16.1 Å². The molecule has 1 aromatic heterocycles. The van der Waals surface area contributed by atoms with Crippen LogP contribution in [0.3, 0.4) is 0 Å². The van der Waals surface area contributed by atoms with Crippen LogP contribution in [0.2, 0.25) is 5.02 Å². The van der Waals surface area contributed by atoms with Crippen molar-refractivity contribution in [1.29, 1.82) is 5.26 Å². The molecular weight excluding hydrogens is 288 g/mol. The molecule has 0 saturated carbocycles. The Balaban J connectivity index is 2.30. The van der Waals surface area contributed by atoms with Crippen molar-refractivity contribution in [1.82, 2.24) is 10.2 Å². The first-order chi connectivity index (χ1) is 10.0. The number of rotatable bonds is 3. The molecule has 1 N–H and O–H groups in total. The van der Waals surface area contributed by atoms with E-state index < -0.39 is 0 Å². The van der Waals surface area contributed by atoms with Crippen molar-refractivity contribution in [3.8, 4) is 6.07 Å². The third-order valence-electron chi connectivity index (χ3n) is 2.92. The second kappa shape index (κ2) is 6.33. The fourth-order valence-corrected chi connectivity index (χ4v) is 2.08. The number of hydrogen-bond acceptors (Lipinski definition) is 4. The summed E-state index contributed by atoms with van der Waals surface area (Å²) in [5, 5.41) is 19.8. The minimum atomic E-state index is -0.295. The number of nitrogens with zero attached hydrogens (tertiary/aromatic N) is 3. The van der Waals surface area contributed by atoms with E-state index in [2.05, 4.69) is 15.5 Å². The Hall–Kier alpha value is -2.45. The van der Waals surface area contributed by atoms with Crippen molar-refractivity contribution in [2.24, 2.45) is 0 Å². The number of nitrogens with one attached hydrogen (secondary N) is 1. The fraction of sp³-hybridized carbons (Fsp3) is 0.200. The van der Waals surface area contributed by atoms with E-state index in [4.69, 9.17) is 16.9 Å². The second-order valence-corrected chi connectivity index (χ2v) is 4.87. The maximum atomic E-state index is 12.4. The van der Waals surface area contributed by atoms with Crippen LogP contribution >= 0.6 is 11.6 Å². The SMILES string of the molecule is CCc1nnc(C)cc1C(=O)Nc1ccc(C#N)cc1Cl. The molecule has 5 nitrogen and oxygen atoms in total. The molecule has 2 rings (SSSR count). The third-order valence-corrected chi connectivity index (χ3v) is 3.23. The number of aromatic nitrogens is 2. The van der Waals surface area contributed by atoms with Gasteiger partial charge in [-0.3, -0.25) is 4.79 Å². The summed E-state index contributed by atoms with van der Waals surface area (Å²) >= 11 is 6.05. The van der Waals surface area contributed by atoms with Gasteiger partial charge < -0.3 is 5.32 Å². The van der Waals surface area contributed by atoms with Gasteiger partial charge in [-0.25, -0.2) is 0 Å². The highest BCUT2D eigenvalue weighted by Crippen LogP contribution is 2.23. The molecule has 0 atom stereocenters. The van der Waals surface area contributed by atoms with Crippen LogP contribution in [0.5, 0.6) is 0 Å². The number of amides is 1. The molecule has 2 aromatic rings. The normalized spacial score (nSPS) is 10.0. The first-order valence-corrected chi connectivity index (χ1v) is 6.77. The average Bonchev–Trinajstić information content (AvgIpc) is 2.49. The molecule has 106 valence electrons. The van der Waals surface area contributed by atoms with Gasteiger partial charge in [-0.1, -0.05) is 18.5 Å². The predicted molar refractivity (Wildman–Crippen MR) is 80.3 cm³/mol. The van der Waals surface area contributed by atoms with Crippen molar-refractivity contribution in [3.05, 3.63) is 51.8 Å². The summed E-state index contributed by atoms with van der Waals surface area (Å²) in [6.45, 7) is 3.68. The molecule has 0 aliphatic carbocycles. The molecule has 1 heterocycles. The van der Waals surface area contributed by atoms with Crippen molar-refractivity contribution >= 4 is 23.2 Å². The summed E-state index contributed by atoms with van der Waals surface area (Å²) in [4.78, 5) is 12.4. The van der Waals surface area contributed by atoms with E-state index in [0.29, 0.717) is 39.6 Å². The predicted octanol–water partition coefficient (Wildman–Crippen LogP) is 3.12. The van der Waals surface area contributed by atoms with Gasteiger partial charge in [0.2, 0.25) is 0 Å². The highest BCUT2D eigenvalue weighted by Gasteiger charge is 2.14. The topological polar surface area (TPSA) is 78.7 Å². The Morgan fingerprint density at radius 1 is 1.38 bits per heavy atom. The largest absolute Gasteiger partial charge is 0.321 e. The monoisotopic (exact) mass is 300 g/mol. The molecule has 21 heavy (non-hydrogen) atoms. The van der Waals surface area contributed by atoms with E-state index in [1.54, 1.807) is 25.1 Å². The number of carbonyl (C=O) groups excluding carboxylic acids is 1. The Labute approximate surface area is 127 Å². The summed E-state index contributed by atoms with van der Waals surface area (Å²) in [5.41, 5.74) is 2.67. The highest BCUT2D eigenvalue weighted by atomic mass is 35.5. The van der Waals surface area contributed by atoms with Crippen LogP contribution in [0.15, 0.2) is 24.3 Å². The van der Waals surface area contributed by atoms with E-state index in [1.807, 2.05) is 13.0 Å². The van der Waals surface area contributed by atoms with Gasteiger partial charge in [0.05, 0.1) is 39.3 Å². The summed E-state index contributed by atoms with van der Waals surface area (Å²) < 4.78 is 0. The quantitative estimate of drug-likeness (QED) is 0.944. The maximum absolute atomic E-state index is 12.4. The van der Waals surface area contributed by atoms with Crippen molar-refractivity contribution in [3.63, 3.8) is 0 Å². The van der Waals surface area contributed by atoms with Gasteiger partial charge in [-0.05, 0) is 37.6 Å². The lowest BCUT2D eigenvalue weighted by Crippen LogP contribution is -2.16. The van der Waals surface area contributed by atoms with Gasteiger partial charge in [0.15, 0.2) is 0 Å². The van der Waals surface area contributed by atoms with Gasteiger partial charge >= 0.3 is 0 Å². The van der Waals surface area contributed by atoms with Crippen LogP contribution in [0.25, 0.3) is 0 Å². The Bertz CT molecular complexity index is 737. The number of benzene rings is 1. The molecule has 1 aromatic carbocycles. The van der Waals surface area contributed by atoms with Crippen LogP contribution in [0.1, 0.15) is 34.2 Å². The molecule has 0 saturated heterocycles. The van der Waals surface area contributed by atoms with Crippen LogP contribution < -0.4 is 5.32 Å². The molecule has 0 spiro atoms. The van der Waals surface area contributed by atoms with E-state index in [1.165, 1.54) is 6.07 Å². The van der Waals surface area contributed by atoms with E-state index >= 15 is 0 Å². The molecule has 0 bridgehead atoms.